The van der Waals surface area contributed by atoms with Crippen LogP contribution in [0, 0.1) is 0 Å². The Kier molecular flexibility index (Phi) is 4.81. The van der Waals surface area contributed by atoms with Crippen LogP contribution in [0.4, 0.5) is 0 Å². The van der Waals surface area contributed by atoms with Crippen molar-refractivity contribution in [3.8, 4) is 0 Å². The number of hydrogen-bond acceptors (Lipinski definition) is 2. The predicted molar refractivity (Wildman–Crippen MR) is 72.2 cm³/mol. The van der Waals surface area contributed by atoms with Crippen LogP contribution < -0.4 is 0 Å². The smallest absolute Gasteiger partial charge is 0.129 e. The molecule has 1 aromatic rings. The number of nitrogens with zero attached hydrogens (tertiary/aromatic N) is 2. The highest BCUT2D eigenvalue weighted by molar-refractivity contribution is 6.29. The van der Waals surface area contributed by atoms with Gasteiger partial charge in [0.15, 0.2) is 0 Å². The molecular formula is C14H21ClN2. The van der Waals surface area contributed by atoms with Gasteiger partial charge >= 0.3 is 0 Å². The quantitative estimate of drug-likeness (QED) is 0.759. The molecule has 1 aromatic heterocycles. The Balaban J connectivity index is 2.01. The first-order valence-electron chi connectivity index (χ1n) is 6.64. The van der Waals surface area contributed by atoms with Crippen molar-refractivity contribution in [3.63, 3.8) is 0 Å². The summed E-state index contributed by atoms with van der Waals surface area (Å²) >= 11 is 5.81. The number of aromatic nitrogens is 1. The summed E-state index contributed by atoms with van der Waals surface area (Å²) in [5.74, 6) is 0. The average molecular weight is 253 g/mol. The average Bonchev–Trinajstić information content (AvgIpc) is 2.57. The van der Waals surface area contributed by atoms with Crippen LogP contribution in [0.5, 0.6) is 0 Å². The Hall–Kier alpha value is -0.600. The molecule has 0 radical (unpaired) electrons. The van der Waals surface area contributed by atoms with Crippen molar-refractivity contribution in [2.75, 3.05) is 6.54 Å². The van der Waals surface area contributed by atoms with E-state index in [2.05, 4.69) is 22.9 Å². The zero-order chi connectivity index (χ0) is 12.1. The summed E-state index contributed by atoms with van der Waals surface area (Å²) in [6.45, 7) is 4.53. The molecule has 1 fully saturated rings. The lowest BCUT2D eigenvalue weighted by atomic mass is 10.1. The molecule has 1 aliphatic heterocycles. The van der Waals surface area contributed by atoms with Crippen LogP contribution in [0.2, 0.25) is 5.15 Å². The van der Waals surface area contributed by atoms with E-state index >= 15 is 0 Å². The van der Waals surface area contributed by atoms with Crippen LogP contribution in [-0.4, -0.2) is 22.5 Å². The molecule has 1 atom stereocenters. The topological polar surface area (TPSA) is 16.1 Å². The van der Waals surface area contributed by atoms with E-state index < -0.39 is 0 Å². The van der Waals surface area contributed by atoms with E-state index in [-0.39, 0.29) is 0 Å². The lowest BCUT2D eigenvalue weighted by molar-refractivity contribution is 0.186. The molecule has 17 heavy (non-hydrogen) atoms. The van der Waals surface area contributed by atoms with Gasteiger partial charge in [-0.3, -0.25) is 4.90 Å². The monoisotopic (exact) mass is 252 g/mol. The largest absolute Gasteiger partial charge is 0.296 e. The first kappa shape index (κ1) is 12.8. The molecule has 0 spiro atoms. The van der Waals surface area contributed by atoms with E-state index in [1.54, 1.807) is 0 Å². The minimum atomic E-state index is 0.580. The fourth-order valence-electron chi connectivity index (χ4n) is 2.64. The summed E-state index contributed by atoms with van der Waals surface area (Å²) in [6.07, 6.45) is 8.59. The van der Waals surface area contributed by atoms with E-state index in [9.17, 15) is 0 Å². The van der Waals surface area contributed by atoms with Crippen molar-refractivity contribution in [1.29, 1.82) is 0 Å². The molecule has 2 nitrogen and oxygen atoms in total. The van der Waals surface area contributed by atoms with Crippen molar-refractivity contribution in [2.24, 2.45) is 0 Å². The lowest BCUT2D eigenvalue weighted by Crippen LogP contribution is -2.33. The van der Waals surface area contributed by atoms with Gasteiger partial charge in [0.2, 0.25) is 0 Å². The van der Waals surface area contributed by atoms with Crippen LogP contribution in [0.25, 0.3) is 0 Å². The maximum absolute atomic E-state index is 5.81. The van der Waals surface area contributed by atoms with Gasteiger partial charge in [-0.25, -0.2) is 4.98 Å². The van der Waals surface area contributed by atoms with Crippen LogP contribution in [0.15, 0.2) is 18.3 Å². The molecule has 94 valence electrons. The zero-order valence-electron chi connectivity index (χ0n) is 10.5. The van der Waals surface area contributed by atoms with E-state index in [1.807, 2.05) is 12.3 Å². The highest BCUT2D eigenvalue weighted by Gasteiger charge is 2.19. The molecule has 0 amide bonds. The molecule has 1 saturated heterocycles. The second-order valence-corrected chi connectivity index (χ2v) is 5.26. The van der Waals surface area contributed by atoms with E-state index in [0.29, 0.717) is 5.15 Å². The highest BCUT2D eigenvalue weighted by atomic mass is 35.5. The van der Waals surface area contributed by atoms with Crippen LogP contribution >= 0.6 is 11.6 Å². The number of rotatable bonds is 3. The molecule has 1 unspecified atom stereocenters. The molecule has 0 aromatic carbocycles. The molecular weight excluding hydrogens is 232 g/mol. The second-order valence-electron chi connectivity index (χ2n) is 4.87. The van der Waals surface area contributed by atoms with Gasteiger partial charge < -0.3 is 0 Å². The third-order valence-electron chi connectivity index (χ3n) is 3.64. The van der Waals surface area contributed by atoms with Crippen molar-refractivity contribution >= 4 is 11.6 Å². The van der Waals surface area contributed by atoms with Crippen LogP contribution in [0.3, 0.4) is 0 Å². The van der Waals surface area contributed by atoms with Gasteiger partial charge in [0.05, 0.1) is 0 Å². The van der Waals surface area contributed by atoms with Gasteiger partial charge in [-0.15, -0.1) is 0 Å². The third-order valence-corrected chi connectivity index (χ3v) is 3.87. The number of halogens is 1. The fraction of sp³-hybridized carbons (Fsp3) is 0.643. The van der Waals surface area contributed by atoms with Gasteiger partial charge in [-0.1, -0.05) is 37.4 Å². The molecule has 1 aliphatic rings. The Morgan fingerprint density at radius 1 is 1.35 bits per heavy atom. The molecule has 3 heteroatoms. The SMILES string of the molecule is CCC1CCCCCN1Cc1ccc(Cl)nc1. The maximum atomic E-state index is 5.81. The van der Waals surface area contributed by atoms with E-state index in [1.165, 1.54) is 44.2 Å². The first-order valence-corrected chi connectivity index (χ1v) is 7.02. The van der Waals surface area contributed by atoms with Gasteiger partial charge in [0.25, 0.3) is 0 Å². The predicted octanol–water partition coefficient (Wildman–Crippen LogP) is 3.89. The standard InChI is InChI=1S/C14H21ClN2/c1-2-13-6-4-3-5-9-17(13)11-12-7-8-14(15)16-10-12/h7-8,10,13H,2-6,9,11H2,1H3. The summed E-state index contributed by atoms with van der Waals surface area (Å²) in [4.78, 5) is 6.77. The van der Waals surface area contributed by atoms with Gasteiger partial charge in [0, 0.05) is 18.8 Å². The van der Waals surface area contributed by atoms with Crippen molar-refractivity contribution in [2.45, 2.75) is 51.6 Å². The van der Waals surface area contributed by atoms with Gasteiger partial charge in [0.1, 0.15) is 5.15 Å². The summed E-state index contributed by atoms with van der Waals surface area (Å²) in [5.41, 5.74) is 1.27. The molecule has 2 rings (SSSR count). The van der Waals surface area contributed by atoms with Gasteiger partial charge in [-0.2, -0.15) is 0 Å². The Labute approximate surface area is 109 Å². The molecule has 0 saturated carbocycles. The Morgan fingerprint density at radius 2 is 2.24 bits per heavy atom. The number of pyridine rings is 1. The summed E-state index contributed by atoms with van der Waals surface area (Å²) in [5, 5.41) is 0.580. The second kappa shape index (κ2) is 6.36. The molecule has 0 bridgehead atoms. The van der Waals surface area contributed by atoms with Crippen LogP contribution in [-0.2, 0) is 6.54 Å². The molecule has 2 heterocycles. The minimum absolute atomic E-state index is 0.580. The Morgan fingerprint density at radius 3 is 2.94 bits per heavy atom. The van der Waals surface area contributed by atoms with E-state index in [0.717, 1.165) is 12.6 Å². The van der Waals surface area contributed by atoms with Crippen molar-refractivity contribution in [1.82, 2.24) is 9.88 Å². The summed E-state index contributed by atoms with van der Waals surface area (Å²) in [7, 11) is 0. The fourth-order valence-corrected chi connectivity index (χ4v) is 2.75. The number of likely N-dealkylation sites (tertiary alicyclic amines) is 1. The van der Waals surface area contributed by atoms with Crippen molar-refractivity contribution in [3.05, 3.63) is 29.0 Å². The molecule has 0 aliphatic carbocycles. The molecule has 0 N–H and O–H groups in total. The number of hydrogen-bond donors (Lipinski definition) is 0. The first-order chi connectivity index (χ1) is 8.29. The minimum Gasteiger partial charge on any atom is -0.296 e. The van der Waals surface area contributed by atoms with E-state index in [4.69, 9.17) is 11.6 Å². The lowest BCUT2D eigenvalue weighted by Gasteiger charge is -2.29. The third kappa shape index (κ3) is 3.68. The van der Waals surface area contributed by atoms with Crippen molar-refractivity contribution < 1.29 is 0 Å². The van der Waals surface area contributed by atoms with Crippen LogP contribution in [0.1, 0.15) is 44.6 Å². The van der Waals surface area contributed by atoms with Gasteiger partial charge in [-0.05, 0) is 37.4 Å². The normalized spacial score (nSPS) is 22.4. The summed E-state index contributed by atoms with van der Waals surface area (Å²) in [6, 6.07) is 4.72. The maximum Gasteiger partial charge on any atom is 0.129 e. The highest BCUT2D eigenvalue weighted by Crippen LogP contribution is 2.21. The summed E-state index contributed by atoms with van der Waals surface area (Å²) < 4.78 is 0. The zero-order valence-corrected chi connectivity index (χ0v) is 11.3. The Bertz CT molecular complexity index is 337.